The maximum Gasteiger partial charge on any atom is 0.146 e. The third-order valence-electron chi connectivity index (χ3n) is 1.02. The minimum atomic E-state index is -0.0208. The molecule has 0 aliphatic rings. The van der Waals surface area contributed by atoms with Crippen LogP contribution in [0.2, 0.25) is 0 Å². The summed E-state index contributed by atoms with van der Waals surface area (Å²) in [7, 11) is 3.20. The molecular formula is C5H10NOSi. The van der Waals surface area contributed by atoms with Gasteiger partial charge in [0.2, 0.25) is 0 Å². The molecule has 0 spiro atoms. The zero-order valence-electron chi connectivity index (χ0n) is 5.19. The smallest absolute Gasteiger partial charge is 0.146 e. The number of rotatable bonds is 3. The van der Waals surface area contributed by atoms with Gasteiger partial charge in [-0.25, -0.2) is 0 Å². The molecule has 0 saturated carbocycles. The summed E-state index contributed by atoms with van der Waals surface area (Å²) in [6.45, 7) is 3.40. The van der Waals surface area contributed by atoms with Crippen LogP contribution < -0.4 is 5.32 Å². The largest absolute Gasteiger partial charge is 0.311 e. The molecule has 0 aromatic heterocycles. The van der Waals surface area contributed by atoms with E-state index in [2.05, 4.69) is 15.6 Å². The maximum atomic E-state index is 10.4. The van der Waals surface area contributed by atoms with E-state index in [0.29, 0.717) is 6.17 Å². The van der Waals surface area contributed by atoms with Gasteiger partial charge in [-0.15, -0.1) is 0 Å². The van der Waals surface area contributed by atoms with E-state index in [4.69, 9.17) is 0 Å². The van der Waals surface area contributed by atoms with Crippen molar-refractivity contribution < 1.29 is 4.79 Å². The van der Waals surface area contributed by atoms with Gasteiger partial charge >= 0.3 is 0 Å². The van der Waals surface area contributed by atoms with Gasteiger partial charge in [0.1, 0.15) is 5.78 Å². The molecule has 0 amide bonds. The van der Waals surface area contributed by atoms with Crippen LogP contribution in [0.5, 0.6) is 0 Å². The zero-order chi connectivity index (χ0) is 6.57. The van der Waals surface area contributed by atoms with E-state index in [0.717, 1.165) is 0 Å². The number of carbonyl (C=O) groups excluding carboxylic acids is 1. The predicted molar refractivity (Wildman–Crippen MR) is 33.9 cm³/mol. The van der Waals surface area contributed by atoms with Crippen LogP contribution >= 0.6 is 0 Å². The highest BCUT2D eigenvalue weighted by molar-refractivity contribution is 6.08. The third-order valence-corrected chi connectivity index (χ3v) is 1.22. The van der Waals surface area contributed by atoms with E-state index >= 15 is 0 Å². The standard InChI is InChI=1S/C5H10NOSi/c1-4(5(2)7)6-3-8/h4,6H,3H2,1-2H3. The summed E-state index contributed by atoms with van der Waals surface area (Å²) in [5.41, 5.74) is 0. The number of Topliss-reactive ketones (excluding diaryl/α,β-unsaturated/α-hetero) is 1. The van der Waals surface area contributed by atoms with Crippen molar-refractivity contribution in [2.24, 2.45) is 0 Å². The highest BCUT2D eigenvalue weighted by Crippen LogP contribution is 1.79. The van der Waals surface area contributed by atoms with Crippen LogP contribution in [-0.4, -0.2) is 28.2 Å². The molecule has 0 saturated heterocycles. The molecule has 0 bridgehead atoms. The Labute approximate surface area is 53.1 Å². The van der Waals surface area contributed by atoms with Gasteiger partial charge in [0.25, 0.3) is 0 Å². The topological polar surface area (TPSA) is 29.1 Å². The summed E-state index contributed by atoms with van der Waals surface area (Å²) in [5, 5.41) is 2.91. The molecular weight excluding hydrogens is 118 g/mol. The zero-order valence-corrected chi connectivity index (χ0v) is 6.19. The number of hydrogen-bond acceptors (Lipinski definition) is 2. The van der Waals surface area contributed by atoms with E-state index in [9.17, 15) is 4.79 Å². The maximum absolute atomic E-state index is 10.4. The summed E-state index contributed by atoms with van der Waals surface area (Å²) in [4.78, 5) is 10.4. The van der Waals surface area contributed by atoms with Crippen LogP contribution in [0.15, 0.2) is 0 Å². The predicted octanol–water partition coefficient (Wildman–Crippen LogP) is -0.321. The lowest BCUT2D eigenvalue weighted by molar-refractivity contribution is -0.118. The average Bonchev–Trinajstić information content (AvgIpc) is 1.67. The van der Waals surface area contributed by atoms with Crippen LogP contribution in [0, 0.1) is 0 Å². The normalized spacial score (nSPS) is 13.4. The molecule has 3 heteroatoms. The van der Waals surface area contributed by atoms with Gasteiger partial charge in [-0.1, -0.05) is 0 Å². The van der Waals surface area contributed by atoms with Crippen LogP contribution in [0.4, 0.5) is 0 Å². The first-order valence-corrected chi connectivity index (χ1v) is 3.27. The Balaban J connectivity index is 3.32. The van der Waals surface area contributed by atoms with Crippen LogP contribution in [0.1, 0.15) is 13.8 Å². The van der Waals surface area contributed by atoms with Crippen molar-refractivity contribution in [1.82, 2.24) is 5.32 Å². The molecule has 0 rings (SSSR count). The van der Waals surface area contributed by atoms with Gasteiger partial charge in [0.15, 0.2) is 0 Å². The fraction of sp³-hybridized carbons (Fsp3) is 0.800. The number of ketones is 1. The highest BCUT2D eigenvalue weighted by atomic mass is 28.1. The van der Waals surface area contributed by atoms with E-state index in [1.807, 2.05) is 6.92 Å². The summed E-state index contributed by atoms with van der Waals surface area (Å²) in [6, 6.07) is -0.0208. The quantitative estimate of drug-likeness (QED) is 0.528. The molecule has 1 N–H and O–H groups in total. The molecule has 0 aromatic rings. The molecule has 1 unspecified atom stereocenters. The SMILES string of the molecule is CC(=O)C(C)NC[Si]. The van der Waals surface area contributed by atoms with Gasteiger partial charge in [-0.2, -0.15) is 0 Å². The molecule has 0 heterocycles. The van der Waals surface area contributed by atoms with E-state index in [-0.39, 0.29) is 11.8 Å². The second-order valence-corrected chi connectivity index (χ2v) is 2.07. The van der Waals surface area contributed by atoms with Crippen LogP contribution in [-0.2, 0) is 4.79 Å². The summed E-state index contributed by atoms with van der Waals surface area (Å²) in [6.07, 6.45) is 0.667. The average molecular weight is 128 g/mol. The van der Waals surface area contributed by atoms with Crippen molar-refractivity contribution in [1.29, 1.82) is 0 Å². The Morgan fingerprint density at radius 3 is 2.50 bits per heavy atom. The monoisotopic (exact) mass is 128 g/mol. The molecule has 8 heavy (non-hydrogen) atoms. The lowest BCUT2D eigenvalue weighted by Crippen LogP contribution is -2.32. The summed E-state index contributed by atoms with van der Waals surface area (Å²) >= 11 is 0. The molecule has 2 nitrogen and oxygen atoms in total. The minimum Gasteiger partial charge on any atom is -0.311 e. The van der Waals surface area contributed by atoms with E-state index in [1.165, 1.54) is 0 Å². The van der Waals surface area contributed by atoms with Crippen molar-refractivity contribution in [3.63, 3.8) is 0 Å². The fourth-order valence-electron chi connectivity index (χ4n) is 0.297. The number of hydrogen-bond donors (Lipinski definition) is 1. The first-order chi connectivity index (χ1) is 3.68. The molecule has 1 atom stereocenters. The third kappa shape index (κ3) is 2.93. The van der Waals surface area contributed by atoms with Gasteiger partial charge in [-0.3, -0.25) is 4.79 Å². The number of carbonyl (C=O) groups is 1. The van der Waals surface area contributed by atoms with Crippen molar-refractivity contribution >= 4 is 16.0 Å². The van der Waals surface area contributed by atoms with Gasteiger partial charge in [0.05, 0.1) is 6.04 Å². The van der Waals surface area contributed by atoms with Gasteiger partial charge in [0, 0.05) is 10.2 Å². The van der Waals surface area contributed by atoms with Crippen LogP contribution in [0.25, 0.3) is 0 Å². The van der Waals surface area contributed by atoms with Gasteiger partial charge < -0.3 is 5.32 Å². The summed E-state index contributed by atoms with van der Waals surface area (Å²) in [5.74, 6) is 0.170. The molecule has 45 valence electrons. The van der Waals surface area contributed by atoms with Gasteiger partial charge in [-0.05, 0) is 20.0 Å². The fourth-order valence-corrected chi connectivity index (χ4v) is 0.603. The van der Waals surface area contributed by atoms with Crippen molar-refractivity contribution in [3.05, 3.63) is 0 Å². The second-order valence-electron chi connectivity index (χ2n) is 1.71. The Morgan fingerprint density at radius 2 is 2.38 bits per heavy atom. The minimum absolute atomic E-state index is 0.0208. The van der Waals surface area contributed by atoms with E-state index < -0.39 is 0 Å². The van der Waals surface area contributed by atoms with Crippen LogP contribution in [0.3, 0.4) is 0 Å². The van der Waals surface area contributed by atoms with Crippen molar-refractivity contribution in [2.45, 2.75) is 19.9 Å². The highest BCUT2D eigenvalue weighted by Gasteiger charge is 2.02. The first kappa shape index (κ1) is 7.85. The molecule has 3 radical (unpaired) electrons. The van der Waals surface area contributed by atoms with Crippen molar-refractivity contribution in [3.8, 4) is 0 Å². The van der Waals surface area contributed by atoms with Crippen molar-refractivity contribution in [2.75, 3.05) is 6.17 Å². The summed E-state index contributed by atoms with van der Waals surface area (Å²) < 4.78 is 0. The Bertz CT molecular complexity index is 84.5. The Kier molecular flexibility index (Phi) is 3.73. The number of nitrogens with one attached hydrogen (secondary N) is 1. The molecule has 0 aliphatic carbocycles. The van der Waals surface area contributed by atoms with E-state index in [1.54, 1.807) is 6.92 Å². The Morgan fingerprint density at radius 1 is 1.88 bits per heavy atom. The molecule has 0 fully saturated rings. The molecule has 0 aromatic carbocycles. The molecule has 0 aliphatic heterocycles. The second kappa shape index (κ2) is 3.80. The Hall–Kier alpha value is -0.153. The lowest BCUT2D eigenvalue weighted by atomic mass is 10.2. The first-order valence-electron chi connectivity index (χ1n) is 2.57. The lowest BCUT2D eigenvalue weighted by Gasteiger charge is -2.05.